The Kier molecular flexibility index (Phi) is 8.21. The second-order valence-corrected chi connectivity index (χ2v) is 10.8. The smallest absolute Gasteiger partial charge is 0.338 e. The van der Waals surface area contributed by atoms with Crippen LogP contribution in [-0.4, -0.2) is 50.6 Å². The minimum Gasteiger partial charge on any atom is -0.452 e. The van der Waals surface area contributed by atoms with Crippen molar-refractivity contribution in [1.29, 1.82) is 0 Å². The Bertz CT molecular complexity index is 1110. The molecule has 0 saturated carbocycles. The van der Waals surface area contributed by atoms with E-state index in [1.165, 1.54) is 22.5 Å². The topological polar surface area (TPSA) is 92.8 Å². The van der Waals surface area contributed by atoms with Gasteiger partial charge in [-0.2, -0.15) is 4.31 Å². The van der Waals surface area contributed by atoms with E-state index in [0.717, 1.165) is 17.7 Å². The summed E-state index contributed by atoms with van der Waals surface area (Å²) in [6.45, 7) is 2.32. The quantitative estimate of drug-likeness (QED) is 0.454. The SMILES string of the molecule is CSc1cccc(NC(=O)COC(=O)c2ccc(Cl)c(S(=O)(=O)N3CCCC(C)C3)c2)c1. The number of esters is 1. The highest BCUT2D eigenvalue weighted by Gasteiger charge is 2.31. The fourth-order valence-electron chi connectivity index (χ4n) is 3.44. The lowest BCUT2D eigenvalue weighted by Crippen LogP contribution is -2.39. The Morgan fingerprint density at radius 2 is 2.03 bits per heavy atom. The van der Waals surface area contributed by atoms with Gasteiger partial charge in [0.15, 0.2) is 6.61 Å². The molecular weight excluding hydrogens is 472 g/mol. The molecule has 3 rings (SSSR count). The zero-order chi connectivity index (χ0) is 23.3. The Labute approximate surface area is 197 Å². The number of amides is 1. The Hall–Kier alpha value is -2.07. The van der Waals surface area contributed by atoms with Gasteiger partial charge in [0, 0.05) is 23.7 Å². The third-order valence-electron chi connectivity index (χ3n) is 5.09. The number of anilines is 1. The first-order chi connectivity index (χ1) is 15.2. The molecule has 1 aliphatic heterocycles. The molecule has 172 valence electrons. The molecule has 0 bridgehead atoms. The molecule has 1 N–H and O–H groups in total. The van der Waals surface area contributed by atoms with Crippen LogP contribution in [0.1, 0.15) is 30.1 Å². The van der Waals surface area contributed by atoms with E-state index in [-0.39, 0.29) is 21.4 Å². The zero-order valence-corrected chi connectivity index (χ0v) is 20.2. The van der Waals surface area contributed by atoms with Crippen LogP contribution in [0.5, 0.6) is 0 Å². The van der Waals surface area contributed by atoms with Crippen LogP contribution in [0, 0.1) is 5.92 Å². The predicted molar refractivity (Wildman–Crippen MR) is 126 cm³/mol. The van der Waals surface area contributed by atoms with Crippen molar-refractivity contribution in [2.45, 2.75) is 29.6 Å². The summed E-state index contributed by atoms with van der Waals surface area (Å²) in [4.78, 5) is 25.5. The van der Waals surface area contributed by atoms with E-state index in [9.17, 15) is 18.0 Å². The van der Waals surface area contributed by atoms with Crippen molar-refractivity contribution < 1.29 is 22.7 Å². The molecule has 0 aliphatic carbocycles. The molecule has 10 heteroatoms. The number of rotatable bonds is 7. The lowest BCUT2D eigenvalue weighted by atomic mass is 10.0. The van der Waals surface area contributed by atoms with E-state index in [0.29, 0.717) is 18.8 Å². The monoisotopic (exact) mass is 496 g/mol. The fourth-order valence-corrected chi connectivity index (χ4v) is 6.00. The van der Waals surface area contributed by atoms with E-state index in [2.05, 4.69) is 5.32 Å². The molecule has 1 aliphatic rings. The highest BCUT2D eigenvalue weighted by Crippen LogP contribution is 2.29. The van der Waals surface area contributed by atoms with Crippen molar-refractivity contribution in [1.82, 2.24) is 4.31 Å². The van der Waals surface area contributed by atoms with E-state index >= 15 is 0 Å². The maximum atomic E-state index is 13.1. The van der Waals surface area contributed by atoms with Crippen molar-refractivity contribution in [2.75, 3.05) is 31.3 Å². The number of nitrogens with zero attached hydrogens (tertiary/aromatic N) is 1. The van der Waals surface area contributed by atoms with E-state index in [1.54, 1.807) is 17.8 Å². The van der Waals surface area contributed by atoms with Crippen LogP contribution in [-0.2, 0) is 19.6 Å². The van der Waals surface area contributed by atoms with Gasteiger partial charge in [0.1, 0.15) is 4.90 Å². The van der Waals surface area contributed by atoms with Crippen LogP contribution in [0.15, 0.2) is 52.3 Å². The number of carbonyl (C=O) groups excluding carboxylic acids is 2. The number of sulfonamides is 1. The van der Waals surface area contributed by atoms with Gasteiger partial charge < -0.3 is 10.1 Å². The second-order valence-electron chi connectivity index (χ2n) is 7.61. The minimum absolute atomic E-state index is 0.00946. The Morgan fingerprint density at radius 3 is 2.75 bits per heavy atom. The number of halogens is 1. The van der Waals surface area contributed by atoms with Crippen LogP contribution in [0.25, 0.3) is 0 Å². The molecule has 7 nitrogen and oxygen atoms in total. The van der Waals surface area contributed by atoms with Gasteiger partial charge in [0.25, 0.3) is 5.91 Å². The summed E-state index contributed by atoms with van der Waals surface area (Å²) < 4.78 is 32.6. The number of piperidine rings is 1. The standard InChI is InChI=1S/C22H25ClN2O5S2/c1-15-5-4-10-25(13-15)32(28,29)20-11-16(8-9-19(20)23)22(27)30-14-21(26)24-17-6-3-7-18(12-17)31-2/h3,6-9,11-12,15H,4-5,10,13-14H2,1-2H3,(H,24,26). The summed E-state index contributed by atoms with van der Waals surface area (Å²) in [6, 6.07) is 11.2. The fraction of sp³-hybridized carbons (Fsp3) is 0.364. The second kappa shape index (κ2) is 10.7. The normalized spacial score (nSPS) is 17.0. The van der Waals surface area contributed by atoms with Crippen LogP contribution in [0.3, 0.4) is 0 Å². The molecule has 1 fully saturated rings. The number of benzene rings is 2. The third-order valence-corrected chi connectivity index (χ3v) is 8.16. The van der Waals surface area contributed by atoms with Gasteiger partial charge in [0.05, 0.1) is 10.6 Å². The van der Waals surface area contributed by atoms with Crippen LogP contribution in [0.2, 0.25) is 5.02 Å². The van der Waals surface area contributed by atoms with Crippen molar-refractivity contribution in [3.8, 4) is 0 Å². The van der Waals surface area contributed by atoms with Gasteiger partial charge in [-0.25, -0.2) is 13.2 Å². The minimum atomic E-state index is -3.85. The van der Waals surface area contributed by atoms with E-state index < -0.39 is 28.5 Å². The molecular formula is C22H25ClN2O5S2. The first-order valence-electron chi connectivity index (χ1n) is 10.1. The lowest BCUT2D eigenvalue weighted by molar-refractivity contribution is -0.119. The van der Waals surface area contributed by atoms with Crippen LogP contribution in [0.4, 0.5) is 5.69 Å². The van der Waals surface area contributed by atoms with Crippen molar-refractivity contribution >= 4 is 50.9 Å². The van der Waals surface area contributed by atoms with E-state index in [1.807, 2.05) is 31.4 Å². The number of thioether (sulfide) groups is 1. The lowest BCUT2D eigenvalue weighted by Gasteiger charge is -2.30. The van der Waals surface area contributed by atoms with Gasteiger partial charge in [-0.05, 0) is 61.4 Å². The summed E-state index contributed by atoms with van der Waals surface area (Å²) in [5, 5.41) is 2.70. The molecule has 1 unspecified atom stereocenters. The Morgan fingerprint density at radius 1 is 1.25 bits per heavy atom. The van der Waals surface area contributed by atoms with Gasteiger partial charge in [0.2, 0.25) is 10.0 Å². The summed E-state index contributed by atoms with van der Waals surface area (Å²) >= 11 is 7.70. The highest BCUT2D eigenvalue weighted by atomic mass is 35.5. The molecule has 0 radical (unpaired) electrons. The maximum Gasteiger partial charge on any atom is 0.338 e. The first kappa shape index (κ1) is 24.6. The summed E-state index contributed by atoms with van der Waals surface area (Å²) in [6.07, 6.45) is 3.67. The summed E-state index contributed by atoms with van der Waals surface area (Å²) in [5.74, 6) is -1.06. The van der Waals surface area contributed by atoms with Crippen LogP contribution < -0.4 is 5.32 Å². The Balaban J connectivity index is 1.67. The van der Waals surface area contributed by atoms with Gasteiger partial charge in [-0.3, -0.25) is 4.79 Å². The molecule has 1 atom stereocenters. The number of hydrogen-bond donors (Lipinski definition) is 1. The molecule has 1 heterocycles. The zero-order valence-electron chi connectivity index (χ0n) is 17.8. The highest BCUT2D eigenvalue weighted by molar-refractivity contribution is 7.98. The van der Waals surface area contributed by atoms with Gasteiger partial charge in [-0.15, -0.1) is 11.8 Å². The van der Waals surface area contributed by atoms with Crippen molar-refractivity contribution in [3.63, 3.8) is 0 Å². The van der Waals surface area contributed by atoms with Gasteiger partial charge in [-0.1, -0.05) is 24.6 Å². The maximum absolute atomic E-state index is 13.1. The largest absolute Gasteiger partial charge is 0.452 e. The number of carbonyl (C=O) groups is 2. The van der Waals surface area contributed by atoms with E-state index in [4.69, 9.17) is 16.3 Å². The number of nitrogens with one attached hydrogen (secondary N) is 1. The molecule has 2 aromatic carbocycles. The van der Waals surface area contributed by atoms with Crippen LogP contribution >= 0.6 is 23.4 Å². The molecule has 32 heavy (non-hydrogen) atoms. The first-order valence-corrected chi connectivity index (χ1v) is 13.2. The molecule has 1 amide bonds. The predicted octanol–water partition coefficient (Wildman–Crippen LogP) is 4.28. The molecule has 2 aromatic rings. The molecule has 0 aromatic heterocycles. The molecule has 0 spiro atoms. The van der Waals surface area contributed by atoms with Gasteiger partial charge >= 0.3 is 5.97 Å². The summed E-state index contributed by atoms with van der Waals surface area (Å²) in [7, 11) is -3.85. The summed E-state index contributed by atoms with van der Waals surface area (Å²) in [5.41, 5.74) is 0.601. The number of hydrogen-bond acceptors (Lipinski definition) is 6. The number of ether oxygens (including phenoxy) is 1. The van der Waals surface area contributed by atoms with Crippen molar-refractivity contribution in [2.24, 2.45) is 5.92 Å². The van der Waals surface area contributed by atoms with Crippen molar-refractivity contribution in [3.05, 3.63) is 53.1 Å². The average Bonchev–Trinajstić information content (AvgIpc) is 2.77. The molecule has 1 saturated heterocycles. The average molecular weight is 497 g/mol. The third kappa shape index (κ3) is 6.04.